The summed E-state index contributed by atoms with van der Waals surface area (Å²) in [5.41, 5.74) is 16.1. The van der Waals surface area contributed by atoms with Crippen molar-refractivity contribution in [2.45, 2.75) is 75.0 Å². The first-order valence-electron chi connectivity index (χ1n) is 25.8. The minimum absolute atomic E-state index is 0. The number of fused-ring (bicyclic) bond motifs is 6. The van der Waals surface area contributed by atoms with Gasteiger partial charge < -0.3 is 4.57 Å². The molecule has 0 aliphatic heterocycles. The summed E-state index contributed by atoms with van der Waals surface area (Å²) in [6.45, 7) is 4.63. The second kappa shape index (κ2) is 20.1. The molecule has 6 heteroatoms. The molecule has 0 amide bonds. The average molecular weight is 1170 g/mol. The molecular weight excluding hydrogens is 1110 g/mol. The molecule has 1 fully saturated rings. The van der Waals surface area contributed by atoms with Gasteiger partial charge in [-0.15, -0.1) is 29.3 Å². The van der Waals surface area contributed by atoms with Crippen molar-refractivity contribution in [1.82, 2.24) is 14.5 Å². The summed E-state index contributed by atoms with van der Waals surface area (Å²) in [5.74, 6) is 7.46. The van der Waals surface area contributed by atoms with E-state index in [1.54, 1.807) is 6.07 Å². The van der Waals surface area contributed by atoms with E-state index in [0.29, 0.717) is 11.3 Å². The molecule has 0 unspecified atom stereocenters. The largest absolute Gasteiger partial charge is 0 e. The molecule has 355 valence electrons. The van der Waals surface area contributed by atoms with Crippen LogP contribution in [0.5, 0.6) is 0 Å². The number of aromatic nitrogens is 3. The summed E-state index contributed by atoms with van der Waals surface area (Å²) < 4.78 is 34.7. The summed E-state index contributed by atoms with van der Waals surface area (Å²) in [5, 5.41) is 2.37. The van der Waals surface area contributed by atoms with Gasteiger partial charge in [-0.2, -0.15) is 0 Å². The van der Waals surface area contributed by atoms with Crippen molar-refractivity contribution in [2.75, 3.05) is 0 Å². The summed E-state index contributed by atoms with van der Waals surface area (Å²) in [7, 11) is 0. The normalized spacial score (nSPS) is 14.7. The van der Waals surface area contributed by atoms with Gasteiger partial charge in [0.25, 0.3) is 0 Å². The molecule has 2 aliphatic carbocycles. The fourth-order valence-electron chi connectivity index (χ4n) is 10.8. The van der Waals surface area contributed by atoms with E-state index in [9.17, 15) is 4.39 Å². The zero-order chi connectivity index (χ0) is 49.8. The molecule has 12 rings (SSSR count). The Kier molecular flexibility index (Phi) is 13.0. The van der Waals surface area contributed by atoms with E-state index in [-0.39, 0.29) is 37.3 Å². The van der Waals surface area contributed by atoms with Gasteiger partial charge >= 0.3 is 151 Å². The van der Waals surface area contributed by atoms with Gasteiger partial charge in [0, 0.05) is 36.7 Å². The Bertz CT molecular complexity index is 3620. The minimum Gasteiger partial charge on any atom is 0 e. The van der Waals surface area contributed by atoms with Gasteiger partial charge in [0.15, 0.2) is 0 Å². The zero-order valence-electron chi connectivity index (χ0n) is 43.0. The quantitative estimate of drug-likeness (QED) is 0.112. The van der Waals surface area contributed by atoms with Gasteiger partial charge in [-0.25, -0.2) is 0 Å². The van der Waals surface area contributed by atoms with Crippen LogP contribution in [0.1, 0.15) is 65.4 Å². The smallest absolute Gasteiger partial charge is 0 e. The summed E-state index contributed by atoms with van der Waals surface area (Å²) in [6, 6.07) is 67.3. The van der Waals surface area contributed by atoms with Crippen molar-refractivity contribution in [3.05, 3.63) is 217 Å². The number of halogens is 1. The van der Waals surface area contributed by atoms with Gasteiger partial charge in [0.05, 0.1) is 16.9 Å². The average Bonchev–Trinajstić information content (AvgIpc) is 3.91. The third-order valence-electron chi connectivity index (χ3n) is 14.5. The van der Waals surface area contributed by atoms with Crippen LogP contribution in [0.4, 0.5) is 4.39 Å². The molecule has 2 aliphatic rings. The Morgan fingerprint density at radius 1 is 0.662 bits per heavy atom. The number of nitrogens with zero attached hydrogens (tertiary/aromatic N) is 3. The molecule has 8 aromatic carbocycles. The van der Waals surface area contributed by atoms with E-state index in [1.807, 2.05) is 12.3 Å². The van der Waals surface area contributed by atoms with Crippen LogP contribution in [-0.4, -0.2) is 27.8 Å². The first-order chi connectivity index (χ1) is 34.8. The summed E-state index contributed by atoms with van der Waals surface area (Å²) in [6.07, 6.45) is 5.85. The topological polar surface area (TPSA) is 30.7 Å². The van der Waals surface area contributed by atoms with Crippen LogP contribution in [0.25, 0.3) is 83.5 Å². The molecule has 2 aromatic heterocycles. The van der Waals surface area contributed by atoms with Crippen LogP contribution in [-0.2, 0) is 31.9 Å². The number of rotatable bonds is 8. The molecule has 1 radical (unpaired) electrons. The summed E-state index contributed by atoms with van der Waals surface area (Å²) >= 11 is -2.30. The Morgan fingerprint density at radius 2 is 1.37 bits per heavy atom. The molecule has 2 heterocycles. The first kappa shape index (κ1) is 45.9. The van der Waals surface area contributed by atoms with E-state index < -0.39 is 19.6 Å². The van der Waals surface area contributed by atoms with E-state index in [0.717, 1.165) is 74.9 Å². The molecule has 0 spiro atoms. The van der Waals surface area contributed by atoms with E-state index in [2.05, 4.69) is 204 Å². The molecule has 10 aromatic rings. The van der Waals surface area contributed by atoms with E-state index >= 15 is 0 Å². The van der Waals surface area contributed by atoms with Gasteiger partial charge in [0.2, 0.25) is 0 Å². The molecule has 71 heavy (non-hydrogen) atoms. The second-order valence-corrected chi connectivity index (χ2v) is 31.1. The maximum absolute atomic E-state index is 13.2. The Balaban J connectivity index is 0.000000194. The predicted octanol–water partition coefficient (Wildman–Crippen LogP) is 16.6. The van der Waals surface area contributed by atoms with E-state index in [4.69, 9.17) is 7.73 Å². The Hall–Kier alpha value is -6.24. The number of hydrogen-bond donors (Lipinski definition) is 0. The van der Waals surface area contributed by atoms with Gasteiger partial charge in [0.1, 0.15) is 0 Å². The van der Waals surface area contributed by atoms with Crippen molar-refractivity contribution in [1.29, 1.82) is 0 Å². The third kappa shape index (κ3) is 9.53. The van der Waals surface area contributed by atoms with Crippen LogP contribution in [0.15, 0.2) is 182 Å². The number of imidazole rings is 1. The number of benzene rings is 8. The Morgan fingerprint density at radius 3 is 2.11 bits per heavy atom. The zero-order valence-corrected chi connectivity index (χ0v) is 45.5. The van der Waals surface area contributed by atoms with Crippen molar-refractivity contribution >= 4 is 39.5 Å². The standard InChI is InChI=1S/C44H31N2.C21H27FGeN.Ir/c1-44(2)38-20-12-11-19-36(38)37-27-33(22-25-39(37)44)43-45-40-26-23-31-17-9-10-18-35(31)42(40)46(43)41-28-32(29-13-5-3-6-14-29)21-24-34(41)30-15-7-4-8-16-30;1-23(2,3)20-15-24-21(17-9-11-19(22)12-10-17)14-18(20)13-16-7-5-4-6-8-16;/h3-21,23-28H,1-2H3;9,11-12,14-16H,4-8,13H2,1-3H3;/q2*-1;/i;13D2;. The monoisotopic (exact) mass is 1170 g/mol. The maximum atomic E-state index is 13.2. The minimum atomic E-state index is -2.30. The first-order valence-corrected chi connectivity index (χ1v) is 32.1. The van der Waals surface area contributed by atoms with Crippen LogP contribution >= 0.6 is 0 Å². The van der Waals surface area contributed by atoms with Crippen molar-refractivity contribution in [2.24, 2.45) is 5.92 Å². The van der Waals surface area contributed by atoms with Gasteiger partial charge in [-0.05, 0) is 50.8 Å². The SMILES string of the molecule is CC1(C)c2c[c-]c(-c3nc4ccc5ccccc5c4n3-c3cc(-c4ccccc4)ccc3-c3ccccc3)cc2-c2ccccc21.[2H]C([2H])(c1cc(-c2[c-]cc(F)cc2)nc[c]1[Ge]([CH3])([CH3])[CH3])C1CCCCC1.[Ir]. The van der Waals surface area contributed by atoms with Crippen LogP contribution in [0.2, 0.25) is 17.3 Å². The fraction of sp³-hybridized carbons (Fsp3) is 0.200. The predicted molar refractivity (Wildman–Crippen MR) is 293 cm³/mol. The number of hydrogen-bond acceptors (Lipinski definition) is 2. The fourth-order valence-corrected chi connectivity index (χ4v) is 13.7. The number of pyridine rings is 1. The van der Waals surface area contributed by atoms with Crippen LogP contribution in [0, 0.1) is 23.9 Å². The van der Waals surface area contributed by atoms with Crippen molar-refractivity contribution < 1.29 is 27.2 Å². The molecule has 0 saturated heterocycles. The van der Waals surface area contributed by atoms with Crippen molar-refractivity contribution in [3.8, 4) is 61.7 Å². The second-order valence-electron chi connectivity index (χ2n) is 20.5. The molecular formula is C65H58FGeIrN3-2. The third-order valence-corrected chi connectivity index (χ3v) is 18.7. The van der Waals surface area contributed by atoms with Crippen molar-refractivity contribution in [3.63, 3.8) is 0 Å². The molecule has 1 saturated carbocycles. The van der Waals surface area contributed by atoms with Crippen LogP contribution in [0.3, 0.4) is 0 Å². The van der Waals surface area contributed by atoms with Gasteiger partial charge in [-0.3, -0.25) is 4.98 Å². The molecule has 0 atom stereocenters. The maximum Gasteiger partial charge on any atom is 0 e. The summed E-state index contributed by atoms with van der Waals surface area (Å²) in [4.78, 5) is 9.99. The molecule has 0 bridgehead atoms. The molecule has 0 N–H and O–H groups in total. The van der Waals surface area contributed by atoms with Crippen LogP contribution < -0.4 is 4.40 Å². The Labute approximate surface area is 437 Å². The van der Waals surface area contributed by atoms with E-state index in [1.165, 1.54) is 62.7 Å². The molecule has 3 nitrogen and oxygen atoms in total. The van der Waals surface area contributed by atoms with Gasteiger partial charge in [-0.1, -0.05) is 147 Å².